The summed E-state index contributed by atoms with van der Waals surface area (Å²) in [6.07, 6.45) is 2.13. The molecule has 0 spiro atoms. The van der Waals surface area contributed by atoms with Gasteiger partial charge in [-0.3, -0.25) is 4.79 Å². The summed E-state index contributed by atoms with van der Waals surface area (Å²) in [5, 5.41) is 20.8. The van der Waals surface area contributed by atoms with Crippen molar-refractivity contribution in [1.82, 2.24) is 4.90 Å². The number of halogens is 1. The molecule has 0 bridgehead atoms. The van der Waals surface area contributed by atoms with E-state index in [2.05, 4.69) is 0 Å². The third-order valence-corrected chi connectivity index (χ3v) is 4.63. The highest BCUT2D eigenvalue weighted by atomic mass is 35.5. The first-order chi connectivity index (χ1) is 11.5. The molecule has 0 aromatic heterocycles. The number of rotatable bonds is 0. The maximum atomic E-state index is 11.7. The Kier molecular flexibility index (Phi) is 7.34. The molecule has 6 heteroatoms. The van der Waals surface area contributed by atoms with Crippen LogP contribution < -0.4 is 4.74 Å². The number of aliphatic hydroxyl groups excluding tert-OH is 2. The molecule has 1 aliphatic heterocycles. The van der Waals surface area contributed by atoms with E-state index in [0.29, 0.717) is 30.3 Å². The molecule has 2 rings (SSSR count). The minimum atomic E-state index is -0.995. The first-order valence-electron chi connectivity index (χ1n) is 8.50. The van der Waals surface area contributed by atoms with Crippen LogP contribution >= 0.6 is 11.6 Å². The second-order valence-corrected chi connectivity index (χ2v) is 6.74. The summed E-state index contributed by atoms with van der Waals surface area (Å²) in [5.74, 6) is 0.699. The average molecular weight is 356 g/mol. The minimum absolute atomic E-state index is 0.00263. The average Bonchev–Trinajstić information content (AvgIpc) is 2.54. The van der Waals surface area contributed by atoms with Crippen molar-refractivity contribution in [1.29, 1.82) is 0 Å². The van der Waals surface area contributed by atoms with Crippen LogP contribution in [0.15, 0.2) is 18.2 Å². The monoisotopic (exact) mass is 355 g/mol. The topological polar surface area (TPSA) is 70.0 Å². The number of carbonyl (C=O) groups excluding carboxylic acids is 1. The van der Waals surface area contributed by atoms with Crippen LogP contribution in [0.5, 0.6) is 5.75 Å². The van der Waals surface area contributed by atoms with E-state index in [9.17, 15) is 15.0 Å². The normalized spacial score (nSPS) is 23.8. The molecule has 1 amide bonds. The van der Waals surface area contributed by atoms with E-state index in [0.717, 1.165) is 31.2 Å². The zero-order chi connectivity index (χ0) is 17.5. The van der Waals surface area contributed by atoms with Crippen molar-refractivity contribution in [3.05, 3.63) is 28.8 Å². The highest BCUT2D eigenvalue weighted by molar-refractivity contribution is 6.30. The van der Waals surface area contributed by atoms with Crippen molar-refractivity contribution in [2.45, 2.75) is 51.2 Å². The minimum Gasteiger partial charge on any atom is -0.491 e. The van der Waals surface area contributed by atoms with E-state index >= 15 is 0 Å². The number of aliphatic hydroxyl groups is 2. The van der Waals surface area contributed by atoms with Crippen LogP contribution in [0, 0.1) is 0 Å². The van der Waals surface area contributed by atoms with Gasteiger partial charge in [0, 0.05) is 25.0 Å². The van der Waals surface area contributed by atoms with Crippen LogP contribution in [-0.4, -0.2) is 52.9 Å². The van der Waals surface area contributed by atoms with E-state index in [1.807, 2.05) is 6.07 Å². The molecule has 0 saturated heterocycles. The maximum Gasteiger partial charge on any atom is 0.219 e. The van der Waals surface area contributed by atoms with Crippen molar-refractivity contribution < 1.29 is 19.7 Å². The molecular formula is C18H26ClNO4. The predicted molar refractivity (Wildman–Crippen MR) is 93.4 cm³/mol. The number of fused-ring (bicyclic) bond motifs is 1. The van der Waals surface area contributed by atoms with Gasteiger partial charge >= 0.3 is 0 Å². The Morgan fingerprint density at radius 1 is 1.21 bits per heavy atom. The maximum absolute atomic E-state index is 11.7. The summed E-state index contributed by atoms with van der Waals surface area (Å²) < 4.78 is 5.70. The number of aryl methyl sites for hydroxylation is 1. The quantitative estimate of drug-likeness (QED) is 0.749. The van der Waals surface area contributed by atoms with Gasteiger partial charge in [0.2, 0.25) is 5.91 Å². The van der Waals surface area contributed by atoms with Crippen molar-refractivity contribution in [3.63, 3.8) is 0 Å². The summed E-state index contributed by atoms with van der Waals surface area (Å²) in [6.45, 7) is 2.67. The third-order valence-electron chi connectivity index (χ3n) is 4.39. The summed E-state index contributed by atoms with van der Waals surface area (Å²) in [4.78, 5) is 13.4. The molecule has 0 saturated carbocycles. The first kappa shape index (κ1) is 19.0. The zero-order valence-electron chi connectivity index (χ0n) is 14.1. The fourth-order valence-electron chi connectivity index (χ4n) is 2.87. The summed E-state index contributed by atoms with van der Waals surface area (Å²) in [7, 11) is 0. The second-order valence-electron chi connectivity index (χ2n) is 6.30. The molecule has 0 radical (unpaired) electrons. The number of nitrogens with zero attached hydrogens (tertiary/aromatic N) is 1. The van der Waals surface area contributed by atoms with Gasteiger partial charge in [-0.15, -0.1) is 0 Å². The molecule has 2 atom stereocenters. The molecule has 0 fully saturated rings. The van der Waals surface area contributed by atoms with Gasteiger partial charge in [-0.05, 0) is 49.4 Å². The molecule has 2 N–H and O–H groups in total. The fraction of sp³-hybridized carbons (Fsp3) is 0.611. The lowest BCUT2D eigenvalue weighted by molar-refractivity contribution is -0.129. The molecule has 0 unspecified atom stereocenters. The Hall–Kier alpha value is -1.30. The standard InChI is InChI=1S/C18H26ClNO4/c1-13(21)20-9-4-2-3-5-14-11-15(19)6-7-18(14)24-12-17(23)16(22)8-10-20/h6-7,11,16-17,22-23H,2-5,8-10,12H2,1H3/t16-,17+/m0/s1. The SMILES string of the molecule is CC(=O)N1CCCCCc2cc(Cl)ccc2OC[C@@H](O)[C@@H](O)CC1. The Labute approximate surface area is 148 Å². The molecule has 0 aliphatic carbocycles. The van der Waals surface area contributed by atoms with Crippen LogP contribution in [-0.2, 0) is 11.2 Å². The van der Waals surface area contributed by atoms with Crippen LogP contribution in [0.25, 0.3) is 0 Å². The number of hydrogen-bond acceptors (Lipinski definition) is 4. The first-order valence-corrected chi connectivity index (χ1v) is 8.88. The molecule has 5 nitrogen and oxygen atoms in total. The van der Waals surface area contributed by atoms with Crippen LogP contribution in [0.2, 0.25) is 5.02 Å². The lowest BCUT2D eigenvalue weighted by Crippen LogP contribution is -2.37. The molecule has 1 aliphatic rings. The van der Waals surface area contributed by atoms with E-state index in [-0.39, 0.29) is 12.5 Å². The Morgan fingerprint density at radius 3 is 2.75 bits per heavy atom. The van der Waals surface area contributed by atoms with Gasteiger partial charge in [0.25, 0.3) is 0 Å². The fourth-order valence-corrected chi connectivity index (χ4v) is 3.07. The molecule has 134 valence electrons. The van der Waals surface area contributed by atoms with Crippen LogP contribution in [0.1, 0.15) is 38.2 Å². The third kappa shape index (κ3) is 5.65. The summed E-state index contributed by atoms with van der Waals surface area (Å²) >= 11 is 6.07. The molecule has 1 aromatic carbocycles. The molecular weight excluding hydrogens is 330 g/mol. The predicted octanol–water partition coefficient (Wildman–Crippen LogP) is 2.41. The Morgan fingerprint density at radius 2 is 2.00 bits per heavy atom. The number of carbonyl (C=O) groups is 1. The van der Waals surface area contributed by atoms with E-state index < -0.39 is 12.2 Å². The highest BCUT2D eigenvalue weighted by Gasteiger charge is 2.20. The van der Waals surface area contributed by atoms with Gasteiger partial charge in [-0.1, -0.05) is 18.0 Å². The lowest BCUT2D eigenvalue weighted by Gasteiger charge is -2.25. The zero-order valence-corrected chi connectivity index (χ0v) is 14.8. The largest absolute Gasteiger partial charge is 0.491 e. The van der Waals surface area contributed by atoms with Gasteiger partial charge < -0.3 is 19.8 Å². The van der Waals surface area contributed by atoms with Gasteiger partial charge in [0.05, 0.1) is 6.10 Å². The van der Waals surface area contributed by atoms with Crippen LogP contribution in [0.4, 0.5) is 0 Å². The number of benzene rings is 1. The van der Waals surface area contributed by atoms with Gasteiger partial charge in [0.15, 0.2) is 0 Å². The van der Waals surface area contributed by atoms with Crippen molar-refractivity contribution in [2.75, 3.05) is 19.7 Å². The van der Waals surface area contributed by atoms with E-state index in [1.165, 1.54) is 6.92 Å². The van der Waals surface area contributed by atoms with Crippen molar-refractivity contribution in [2.24, 2.45) is 0 Å². The molecule has 1 heterocycles. The number of hydrogen-bond donors (Lipinski definition) is 2. The smallest absolute Gasteiger partial charge is 0.219 e. The van der Waals surface area contributed by atoms with E-state index in [4.69, 9.17) is 16.3 Å². The second kappa shape index (κ2) is 9.25. The molecule has 24 heavy (non-hydrogen) atoms. The van der Waals surface area contributed by atoms with Crippen LogP contribution in [0.3, 0.4) is 0 Å². The number of amides is 1. The lowest BCUT2D eigenvalue weighted by atomic mass is 10.0. The van der Waals surface area contributed by atoms with Gasteiger partial charge in [-0.2, -0.15) is 0 Å². The van der Waals surface area contributed by atoms with Crippen molar-refractivity contribution in [3.8, 4) is 5.75 Å². The summed E-state index contributed by atoms with van der Waals surface area (Å²) in [5.41, 5.74) is 1.00. The Balaban J connectivity index is 2.10. The number of ether oxygens (including phenoxy) is 1. The van der Waals surface area contributed by atoms with Crippen molar-refractivity contribution >= 4 is 17.5 Å². The summed E-state index contributed by atoms with van der Waals surface area (Å²) in [6, 6.07) is 5.45. The Bertz CT molecular complexity index is 552. The van der Waals surface area contributed by atoms with E-state index in [1.54, 1.807) is 17.0 Å². The molecule has 1 aromatic rings. The van der Waals surface area contributed by atoms with Gasteiger partial charge in [-0.25, -0.2) is 0 Å². The van der Waals surface area contributed by atoms with Gasteiger partial charge in [0.1, 0.15) is 18.5 Å². The highest BCUT2D eigenvalue weighted by Crippen LogP contribution is 2.25.